The number of hydrogen-bond acceptors (Lipinski definition) is 8. The molecule has 0 aromatic heterocycles. The molecule has 0 fully saturated rings. The number of anilines is 2. The van der Waals surface area contributed by atoms with Crippen LogP contribution in [0.3, 0.4) is 0 Å². The largest absolute Gasteiger partial charge is 0.483 e. The summed E-state index contributed by atoms with van der Waals surface area (Å²) in [4.78, 5) is 20.7. The number of hydrogen-bond donors (Lipinski definition) is 2. The topological polar surface area (TPSA) is 157 Å². The highest BCUT2D eigenvalue weighted by atomic mass is 16.6. The molecule has 0 amide bonds. The van der Waals surface area contributed by atoms with Crippen LogP contribution < -0.4 is 20.9 Å². The standard InChI is InChI=1S/C14H14N4O6/c15-9-3-1-5-11(13(9)17(19)20)23-7-8-24-12-6-2-4-10(16)14(12)18(21)22/h1-6H,7-8,15-16H2. The summed E-state index contributed by atoms with van der Waals surface area (Å²) in [5.41, 5.74) is 10.4. The van der Waals surface area contributed by atoms with Gasteiger partial charge in [0.1, 0.15) is 24.6 Å². The first-order valence-corrected chi connectivity index (χ1v) is 6.73. The van der Waals surface area contributed by atoms with Gasteiger partial charge in [0, 0.05) is 0 Å². The lowest BCUT2D eigenvalue weighted by Crippen LogP contribution is -2.11. The molecule has 2 rings (SSSR count). The van der Waals surface area contributed by atoms with E-state index in [4.69, 9.17) is 20.9 Å². The molecular weight excluding hydrogens is 320 g/mol. The van der Waals surface area contributed by atoms with Crippen LogP contribution in [0.2, 0.25) is 0 Å². The lowest BCUT2D eigenvalue weighted by atomic mass is 10.2. The molecule has 10 nitrogen and oxygen atoms in total. The quantitative estimate of drug-likeness (QED) is 0.337. The van der Waals surface area contributed by atoms with Gasteiger partial charge in [-0.2, -0.15) is 0 Å². The molecule has 0 saturated heterocycles. The Morgan fingerprint density at radius 1 is 0.792 bits per heavy atom. The second-order valence-electron chi connectivity index (χ2n) is 4.60. The molecular formula is C14H14N4O6. The average molecular weight is 334 g/mol. The highest BCUT2D eigenvalue weighted by Crippen LogP contribution is 2.34. The second-order valence-corrected chi connectivity index (χ2v) is 4.60. The van der Waals surface area contributed by atoms with Gasteiger partial charge in [-0.3, -0.25) is 20.2 Å². The van der Waals surface area contributed by atoms with E-state index >= 15 is 0 Å². The van der Waals surface area contributed by atoms with E-state index in [-0.39, 0.29) is 47.5 Å². The summed E-state index contributed by atoms with van der Waals surface area (Å²) < 4.78 is 10.6. The van der Waals surface area contributed by atoms with Crippen molar-refractivity contribution in [2.24, 2.45) is 0 Å². The van der Waals surface area contributed by atoms with Gasteiger partial charge in [0.05, 0.1) is 9.85 Å². The number of para-hydroxylation sites is 2. The van der Waals surface area contributed by atoms with Crippen molar-refractivity contribution < 1.29 is 19.3 Å². The third-order valence-corrected chi connectivity index (χ3v) is 3.02. The van der Waals surface area contributed by atoms with E-state index in [1.54, 1.807) is 0 Å². The van der Waals surface area contributed by atoms with Crippen LogP contribution in [0.4, 0.5) is 22.7 Å². The van der Waals surface area contributed by atoms with Crippen LogP contribution in [-0.4, -0.2) is 23.1 Å². The predicted molar refractivity (Wildman–Crippen MR) is 86.0 cm³/mol. The molecule has 0 atom stereocenters. The molecule has 0 radical (unpaired) electrons. The fourth-order valence-corrected chi connectivity index (χ4v) is 2.01. The van der Waals surface area contributed by atoms with E-state index in [1.807, 2.05) is 0 Å². The zero-order chi connectivity index (χ0) is 17.7. The second kappa shape index (κ2) is 7.13. The van der Waals surface area contributed by atoms with Crippen LogP contribution in [0.25, 0.3) is 0 Å². The number of nitrogens with two attached hydrogens (primary N) is 2. The maximum absolute atomic E-state index is 11.0. The first-order chi connectivity index (χ1) is 11.4. The molecule has 2 aromatic rings. The molecule has 0 aliphatic carbocycles. The highest BCUT2D eigenvalue weighted by molar-refractivity contribution is 5.66. The monoisotopic (exact) mass is 334 g/mol. The molecule has 2 aromatic carbocycles. The van der Waals surface area contributed by atoms with Crippen LogP contribution in [0.15, 0.2) is 36.4 Å². The minimum atomic E-state index is -0.645. The Labute approximate surface area is 135 Å². The summed E-state index contributed by atoms with van der Waals surface area (Å²) >= 11 is 0. The van der Waals surface area contributed by atoms with Gasteiger partial charge in [0.25, 0.3) is 0 Å². The molecule has 0 unspecified atom stereocenters. The first kappa shape index (κ1) is 16.8. The number of nitrogen functional groups attached to an aromatic ring is 2. The van der Waals surface area contributed by atoms with Crippen LogP contribution in [0.5, 0.6) is 11.5 Å². The van der Waals surface area contributed by atoms with E-state index in [0.29, 0.717) is 0 Å². The molecule has 0 aliphatic rings. The van der Waals surface area contributed by atoms with Gasteiger partial charge in [-0.25, -0.2) is 0 Å². The van der Waals surface area contributed by atoms with Gasteiger partial charge >= 0.3 is 11.4 Å². The van der Waals surface area contributed by atoms with Crippen molar-refractivity contribution in [2.45, 2.75) is 0 Å². The van der Waals surface area contributed by atoms with Gasteiger partial charge < -0.3 is 20.9 Å². The lowest BCUT2D eigenvalue weighted by molar-refractivity contribution is -0.385. The van der Waals surface area contributed by atoms with Crippen molar-refractivity contribution in [2.75, 3.05) is 24.7 Å². The summed E-state index contributed by atoms with van der Waals surface area (Å²) in [7, 11) is 0. The number of ether oxygens (including phenoxy) is 2. The SMILES string of the molecule is Nc1cccc(OCCOc2cccc(N)c2[N+](=O)[O-])c1[N+](=O)[O-]. The molecule has 10 heteroatoms. The van der Waals surface area contributed by atoms with Gasteiger partial charge in [-0.05, 0) is 24.3 Å². The van der Waals surface area contributed by atoms with E-state index in [1.165, 1.54) is 36.4 Å². The van der Waals surface area contributed by atoms with E-state index in [0.717, 1.165) is 0 Å². The summed E-state index contributed by atoms with van der Waals surface area (Å²) in [6.45, 7) is -0.146. The van der Waals surface area contributed by atoms with E-state index in [2.05, 4.69) is 0 Å². The minimum absolute atomic E-state index is 0.00863. The van der Waals surface area contributed by atoms with Crippen molar-refractivity contribution in [3.8, 4) is 11.5 Å². The fraction of sp³-hybridized carbons (Fsp3) is 0.143. The van der Waals surface area contributed by atoms with Gasteiger partial charge in [-0.1, -0.05) is 12.1 Å². The Bertz CT molecular complexity index is 714. The molecule has 24 heavy (non-hydrogen) atoms. The Morgan fingerprint density at radius 3 is 1.50 bits per heavy atom. The first-order valence-electron chi connectivity index (χ1n) is 6.73. The van der Waals surface area contributed by atoms with E-state index in [9.17, 15) is 20.2 Å². The molecule has 0 saturated carbocycles. The molecule has 0 heterocycles. The average Bonchev–Trinajstić information content (AvgIpc) is 2.50. The molecule has 0 aliphatic heterocycles. The molecule has 126 valence electrons. The Hall–Kier alpha value is -3.56. The van der Waals surface area contributed by atoms with Crippen molar-refractivity contribution in [1.29, 1.82) is 0 Å². The lowest BCUT2D eigenvalue weighted by Gasteiger charge is -2.10. The summed E-state index contributed by atoms with van der Waals surface area (Å²) in [5.74, 6) is -0.0173. The van der Waals surface area contributed by atoms with Crippen molar-refractivity contribution >= 4 is 22.7 Å². The smallest absolute Gasteiger partial charge is 0.333 e. The summed E-state index contributed by atoms with van der Waals surface area (Å²) in [6.07, 6.45) is 0. The maximum Gasteiger partial charge on any atom is 0.333 e. The van der Waals surface area contributed by atoms with Gasteiger partial charge in [0.2, 0.25) is 0 Å². The van der Waals surface area contributed by atoms with Gasteiger partial charge in [-0.15, -0.1) is 0 Å². The van der Waals surface area contributed by atoms with Crippen molar-refractivity contribution in [1.82, 2.24) is 0 Å². The fourth-order valence-electron chi connectivity index (χ4n) is 2.01. The molecule has 4 N–H and O–H groups in total. The molecule has 0 bridgehead atoms. The predicted octanol–water partition coefficient (Wildman–Crippen LogP) is 2.13. The number of nitro groups is 2. The Morgan fingerprint density at radius 2 is 1.17 bits per heavy atom. The van der Waals surface area contributed by atoms with Crippen LogP contribution in [-0.2, 0) is 0 Å². The highest BCUT2D eigenvalue weighted by Gasteiger charge is 2.20. The minimum Gasteiger partial charge on any atom is -0.483 e. The Kier molecular flexibility index (Phi) is 5.00. The van der Waals surface area contributed by atoms with Crippen LogP contribution in [0.1, 0.15) is 0 Å². The van der Waals surface area contributed by atoms with Crippen LogP contribution >= 0.6 is 0 Å². The number of rotatable bonds is 7. The zero-order valence-electron chi connectivity index (χ0n) is 12.4. The normalized spacial score (nSPS) is 10.2. The Balaban J connectivity index is 2.03. The third-order valence-electron chi connectivity index (χ3n) is 3.02. The van der Waals surface area contributed by atoms with Crippen LogP contribution in [0, 0.1) is 20.2 Å². The van der Waals surface area contributed by atoms with Crippen molar-refractivity contribution in [3.63, 3.8) is 0 Å². The van der Waals surface area contributed by atoms with Gasteiger partial charge in [0.15, 0.2) is 11.5 Å². The summed E-state index contributed by atoms with van der Waals surface area (Å²) in [5, 5.41) is 22.0. The number of nitrogens with zero attached hydrogens (tertiary/aromatic N) is 2. The third kappa shape index (κ3) is 3.61. The zero-order valence-corrected chi connectivity index (χ0v) is 12.4. The maximum atomic E-state index is 11.0. The number of nitro benzene ring substituents is 2. The molecule has 0 spiro atoms. The van der Waals surface area contributed by atoms with Crippen molar-refractivity contribution in [3.05, 3.63) is 56.6 Å². The number of benzene rings is 2. The summed E-state index contributed by atoms with van der Waals surface area (Å²) in [6, 6.07) is 8.60. The van der Waals surface area contributed by atoms with E-state index < -0.39 is 9.85 Å².